The van der Waals surface area contributed by atoms with Crippen LogP contribution in [0.15, 0.2) is 53.4 Å². The highest BCUT2D eigenvalue weighted by Crippen LogP contribution is 2.14. The minimum absolute atomic E-state index is 0.0350. The fraction of sp³-hybridized carbons (Fsp3) is 0.0714. The van der Waals surface area contributed by atoms with Crippen molar-refractivity contribution < 1.29 is 35.5 Å². The molecule has 4 N–H and O–H groups in total. The summed E-state index contributed by atoms with van der Waals surface area (Å²) in [5.74, 6) is 0.769. The van der Waals surface area contributed by atoms with E-state index in [1.807, 2.05) is 5.43 Å². The Morgan fingerprint density at radius 1 is 1.00 bits per heavy atom. The van der Waals surface area contributed by atoms with Gasteiger partial charge in [-0.1, -0.05) is 6.07 Å². The van der Waals surface area contributed by atoms with Gasteiger partial charge in [-0.25, -0.2) is 0 Å². The zero-order valence-corrected chi connectivity index (χ0v) is 15.0. The first kappa shape index (κ1) is 21.5. The zero-order valence-electron chi connectivity index (χ0n) is 13.4. The van der Waals surface area contributed by atoms with Crippen molar-refractivity contribution >= 4 is 32.4 Å². The largest absolute Gasteiger partial charge is 0.497 e. The molecular weight excluding hydrogens is 388 g/mol. The van der Waals surface area contributed by atoms with E-state index in [0.717, 1.165) is 24.2 Å². The topological polar surface area (TPSA) is 159 Å². The minimum Gasteiger partial charge on any atom is -0.497 e. The highest BCUT2D eigenvalue weighted by atomic mass is 32.2. The molecule has 0 aliphatic rings. The van der Waals surface area contributed by atoms with Crippen molar-refractivity contribution in [3.63, 3.8) is 0 Å². The van der Waals surface area contributed by atoms with Crippen LogP contribution in [0.4, 0.5) is 5.69 Å². The number of ether oxygens (including phenoxy) is 1. The standard InChI is InChI=1S/C8H8O2.C6H8N2O6S2/c1-10-8-4-2-7(6-9)3-5-8;9-15(10,11)6-3-1-2-5(4-6)7-8-16(12,13)14/h2-6H,1H3;1-4,7-8H,(H,9,10,11)(H,12,13,14). The van der Waals surface area contributed by atoms with Gasteiger partial charge < -0.3 is 10.2 Å². The van der Waals surface area contributed by atoms with Gasteiger partial charge in [0.25, 0.3) is 10.1 Å². The van der Waals surface area contributed by atoms with E-state index in [1.54, 1.807) is 31.4 Å². The smallest absolute Gasteiger partial charge is 0.350 e. The van der Waals surface area contributed by atoms with Crippen LogP contribution >= 0.6 is 0 Å². The van der Waals surface area contributed by atoms with Crippen LogP contribution in [-0.4, -0.2) is 39.3 Å². The molecule has 0 aliphatic heterocycles. The molecule has 0 amide bonds. The van der Waals surface area contributed by atoms with Crippen molar-refractivity contribution in [1.82, 2.24) is 4.83 Å². The van der Waals surface area contributed by atoms with Crippen molar-refractivity contribution in [3.8, 4) is 5.75 Å². The van der Waals surface area contributed by atoms with E-state index >= 15 is 0 Å². The number of nitrogens with one attached hydrogen (secondary N) is 2. The first-order valence-corrected chi connectivity index (χ1v) is 9.60. The molecule has 142 valence electrons. The third kappa shape index (κ3) is 8.04. The number of hydrogen-bond donors (Lipinski definition) is 4. The predicted octanol–water partition coefficient (Wildman–Crippen LogP) is 1.16. The Kier molecular flexibility index (Phi) is 7.67. The fourth-order valence-corrected chi connectivity index (χ4v) is 2.31. The molecule has 0 aromatic heterocycles. The summed E-state index contributed by atoms with van der Waals surface area (Å²) in [5, 5.41) is 0. The summed E-state index contributed by atoms with van der Waals surface area (Å²) in [6.45, 7) is 0. The highest BCUT2D eigenvalue weighted by Gasteiger charge is 2.10. The van der Waals surface area contributed by atoms with Gasteiger partial charge in [-0.15, -0.1) is 4.83 Å². The monoisotopic (exact) mass is 404 g/mol. The normalized spacial score (nSPS) is 11.0. The maximum Gasteiger partial charge on any atom is 0.350 e. The zero-order chi connectivity index (χ0) is 19.8. The number of aldehydes is 1. The SMILES string of the molecule is COc1ccc(C=O)cc1.O=S(=O)(O)NNc1cccc(S(=O)(=O)O)c1. The van der Waals surface area contributed by atoms with Crippen LogP contribution in [0.3, 0.4) is 0 Å². The summed E-state index contributed by atoms with van der Waals surface area (Å²) in [5.41, 5.74) is 2.74. The maximum absolute atomic E-state index is 10.7. The second-order valence-corrected chi connectivity index (χ2v) is 7.17. The predicted molar refractivity (Wildman–Crippen MR) is 92.9 cm³/mol. The number of rotatable bonds is 6. The molecule has 2 aromatic rings. The summed E-state index contributed by atoms with van der Waals surface area (Å²) in [6.07, 6.45) is 0.805. The molecule has 0 fully saturated rings. The summed E-state index contributed by atoms with van der Waals surface area (Å²) in [6, 6.07) is 11.6. The van der Waals surface area contributed by atoms with Gasteiger partial charge >= 0.3 is 10.3 Å². The van der Waals surface area contributed by atoms with Gasteiger partial charge in [0.15, 0.2) is 0 Å². The lowest BCUT2D eigenvalue weighted by Gasteiger charge is -2.06. The second kappa shape index (κ2) is 9.26. The number of anilines is 1. The van der Waals surface area contributed by atoms with Gasteiger partial charge in [0.1, 0.15) is 12.0 Å². The van der Waals surface area contributed by atoms with Crippen LogP contribution < -0.4 is 15.0 Å². The molecule has 2 aromatic carbocycles. The van der Waals surface area contributed by atoms with E-state index in [-0.39, 0.29) is 5.69 Å². The van der Waals surface area contributed by atoms with Crippen LogP contribution in [0.1, 0.15) is 10.4 Å². The van der Waals surface area contributed by atoms with Crippen LogP contribution in [0.5, 0.6) is 5.75 Å². The van der Waals surface area contributed by atoms with Crippen LogP contribution in [-0.2, 0) is 20.4 Å². The molecule has 0 aliphatic carbocycles. The van der Waals surface area contributed by atoms with Crippen molar-refractivity contribution in [2.24, 2.45) is 0 Å². The molecule has 26 heavy (non-hydrogen) atoms. The Morgan fingerprint density at radius 3 is 2.08 bits per heavy atom. The van der Waals surface area contributed by atoms with Crippen LogP contribution in [0.2, 0.25) is 0 Å². The Hall–Kier alpha value is -2.51. The number of carbonyl (C=O) groups excluding carboxylic acids is 1. The van der Waals surface area contributed by atoms with E-state index in [4.69, 9.17) is 13.8 Å². The highest BCUT2D eigenvalue weighted by molar-refractivity contribution is 7.85. The lowest BCUT2D eigenvalue weighted by Crippen LogP contribution is -2.28. The molecule has 0 unspecified atom stereocenters. The van der Waals surface area contributed by atoms with Gasteiger partial charge in [0, 0.05) is 5.56 Å². The fourth-order valence-electron chi connectivity index (χ4n) is 1.54. The number of hydrogen-bond acceptors (Lipinski definition) is 7. The van der Waals surface area contributed by atoms with Crippen molar-refractivity contribution in [1.29, 1.82) is 0 Å². The molecule has 10 nitrogen and oxygen atoms in total. The summed E-state index contributed by atoms with van der Waals surface area (Å²) < 4.78 is 64.0. The lowest BCUT2D eigenvalue weighted by molar-refractivity contribution is 0.112. The van der Waals surface area contributed by atoms with E-state index in [0.29, 0.717) is 5.56 Å². The Labute approximate surface area is 150 Å². The minimum atomic E-state index is -4.44. The number of methoxy groups -OCH3 is 1. The van der Waals surface area contributed by atoms with Crippen molar-refractivity contribution in [3.05, 3.63) is 54.1 Å². The van der Waals surface area contributed by atoms with Gasteiger partial charge in [0.2, 0.25) is 0 Å². The molecule has 0 saturated heterocycles. The number of carbonyl (C=O) groups is 1. The van der Waals surface area contributed by atoms with Gasteiger partial charge in [-0.3, -0.25) is 13.9 Å². The summed E-state index contributed by atoms with van der Waals surface area (Å²) in [7, 11) is -7.21. The third-order valence-corrected chi connectivity index (χ3v) is 3.92. The van der Waals surface area contributed by atoms with Gasteiger partial charge in [-0.2, -0.15) is 16.8 Å². The third-order valence-electron chi connectivity index (χ3n) is 2.71. The van der Waals surface area contributed by atoms with E-state index in [1.165, 1.54) is 17.0 Å². The van der Waals surface area contributed by atoms with Crippen molar-refractivity contribution in [2.75, 3.05) is 12.5 Å². The average Bonchev–Trinajstić information content (AvgIpc) is 2.59. The first-order chi connectivity index (χ1) is 12.0. The quantitative estimate of drug-likeness (QED) is 0.315. The molecule has 2 rings (SSSR count). The molecule has 0 radical (unpaired) electrons. The van der Waals surface area contributed by atoms with Gasteiger partial charge in [0.05, 0.1) is 17.7 Å². The Bertz CT molecular complexity index is 941. The van der Waals surface area contributed by atoms with Crippen LogP contribution in [0.25, 0.3) is 0 Å². The molecule has 0 spiro atoms. The summed E-state index contributed by atoms with van der Waals surface area (Å²) >= 11 is 0. The second-order valence-electron chi connectivity index (χ2n) is 4.60. The molecule has 0 bridgehead atoms. The molecule has 0 heterocycles. The first-order valence-electron chi connectivity index (χ1n) is 6.72. The molecular formula is C14H16N2O8S2. The maximum atomic E-state index is 10.7. The molecule has 12 heteroatoms. The van der Waals surface area contributed by atoms with Gasteiger partial charge in [-0.05, 0) is 42.5 Å². The number of hydrazine groups is 1. The Balaban J connectivity index is 0.000000289. The van der Waals surface area contributed by atoms with Crippen LogP contribution in [0, 0.1) is 0 Å². The van der Waals surface area contributed by atoms with E-state index < -0.39 is 25.3 Å². The number of benzene rings is 2. The molecule has 0 atom stereocenters. The van der Waals surface area contributed by atoms with E-state index in [2.05, 4.69) is 0 Å². The molecule has 0 saturated carbocycles. The van der Waals surface area contributed by atoms with Crippen molar-refractivity contribution in [2.45, 2.75) is 4.90 Å². The summed E-state index contributed by atoms with van der Waals surface area (Å²) in [4.78, 5) is 11.3. The lowest BCUT2D eigenvalue weighted by atomic mass is 10.2. The Morgan fingerprint density at radius 2 is 1.62 bits per heavy atom. The van der Waals surface area contributed by atoms with E-state index in [9.17, 15) is 21.6 Å². The average molecular weight is 404 g/mol.